The molecule has 5 N–H and O–H groups in total. The van der Waals surface area contributed by atoms with Crippen molar-refractivity contribution in [3.05, 3.63) is 34.9 Å². The Hall–Kier alpha value is -0.730. The third-order valence-electron chi connectivity index (χ3n) is 8.95. The monoisotopic (exact) mass is 507 g/mol. The Morgan fingerprint density at radius 2 is 1.63 bits per heavy atom. The van der Waals surface area contributed by atoms with E-state index in [2.05, 4.69) is 15.7 Å². The van der Waals surface area contributed by atoms with Gasteiger partial charge in [-0.2, -0.15) is 5.48 Å². The van der Waals surface area contributed by atoms with Gasteiger partial charge in [0, 0.05) is 11.1 Å². The van der Waals surface area contributed by atoms with Crippen LogP contribution in [0.15, 0.2) is 24.3 Å². The van der Waals surface area contributed by atoms with Crippen molar-refractivity contribution in [2.45, 2.75) is 101 Å². The van der Waals surface area contributed by atoms with Crippen molar-refractivity contribution in [3.8, 4) is 0 Å². The fourth-order valence-corrected chi connectivity index (χ4v) is 6.88. The quantitative estimate of drug-likeness (QED) is 0.229. The largest absolute Gasteiger partial charge is 0.393 e. The molecule has 2 unspecified atom stereocenters. The van der Waals surface area contributed by atoms with E-state index in [-0.39, 0.29) is 12.1 Å². The van der Waals surface area contributed by atoms with Crippen molar-refractivity contribution in [2.75, 3.05) is 19.6 Å². The fourth-order valence-electron chi connectivity index (χ4n) is 6.68. The molecule has 1 aromatic carbocycles. The number of hydrogen-bond donors (Lipinski definition) is 5. The standard InChI is InChI=1S/C28H46ClN3O3/c29-24-3-1-2-23(19-24)28(31-35)22-13-16-32(17-14-22)15-12-20-4-8-25(9-5-20)30-27(34)18-21-6-10-26(33)11-7-21/h1-3,19-22,25-28,30-31,33-35H,4-18H2/t20?,21-,25?,26-,27?,28?. The van der Waals surface area contributed by atoms with Crippen molar-refractivity contribution in [2.24, 2.45) is 17.8 Å². The van der Waals surface area contributed by atoms with Gasteiger partial charge in [0.25, 0.3) is 0 Å². The normalized spacial score (nSPS) is 30.7. The molecule has 7 heteroatoms. The number of piperidine rings is 1. The third-order valence-corrected chi connectivity index (χ3v) is 9.19. The summed E-state index contributed by atoms with van der Waals surface area (Å²) in [7, 11) is 0. The highest BCUT2D eigenvalue weighted by atomic mass is 35.5. The summed E-state index contributed by atoms with van der Waals surface area (Å²) in [6.07, 6.45) is 12.4. The van der Waals surface area contributed by atoms with Gasteiger partial charge in [-0.1, -0.05) is 23.7 Å². The molecule has 2 atom stereocenters. The van der Waals surface area contributed by atoms with Crippen LogP contribution >= 0.6 is 11.6 Å². The molecule has 1 aliphatic heterocycles. The number of aliphatic hydroxyl groups is 2. The molecular formula is C28H46ClN3O3. The topological polar surface area (TPSA) is 88.0 Å². The van der Waals surface area contributed by atoms with Crippen molar-refractivity contribution in [3.63, 3.8) is 0 Å². The summed E-state index contributed by atoms with van der Waals surface area (Å²) < 4.78 is 0. The highest BCUT2D eigenvalue weighted by Gasteiger charge is 2.29. The summed E-state index contributed by atoms with van der Waals surface area (Å²) in [4.78, 5) is 2.60. The van der Waals surface area contributed by atoms with Crippen molar-refractivity contribution in [1.82, 2.24) is 15.7 Å². The highest BCUT2D eigenvalue weighted by molar-refractivity contribution is 6.30. The van der Waals surface area contributed by atoms with Crippen molar-refractivity contribution < 1.29 is 15.4 Å². The summed E-state index contributed by atoms with van der Waals surface area (Å²) >= 11 is 6.16. The number of benzene rings is 1. The van der Waals surface area contributed by atoms with Crippen molar-refractivity contribution in [1.29, 1.82) is 0 Å². The van der Waals surface area contributed by atoms with Gasteiger partial charge in [-0.05, 0) is 132 Å². The molecule has 6 nitrogen and oxygen atoms in total. The van der Waals surface area contributed by atoms with Crippen LogP contribution in [0.1, 0.15) is 88.7 Å². The van der Waals surface area contributed by atoms with Gasteiger partial charge in [-0.15, -0.1) is 0 Å². The number of halogens is 1. The molecule has 3 fully saturated rings. The molecular weight excluding hydrogens is 462 g/mol. The Labute approximate surface area is 216 Å². The fraction of sp³-hybridized carbons (Fsp3) is 0.786. The Morgan fingerprint density at radius 1 is 0.943 bits per heavy atom. The van der Waals surface area contributed by atoms with E-state index in [4.69, 9.17) is 11.6 Å². The Morgan fingerprint density at radius 3 is 2.29 bits per heavy atom. The Balaban J connectivity index is 1.10. The maximum Gasteiger partial charge on any atom is 0.105 e. The molecule has 0 amide bonds. The second-order valence-electron chi connectivity index (χ2n) is 11.4. The van der Waals surface area contributed by atoms with Gasteiger partial charge in [0.2, 0.25) is 0 Å². The van der Waals surface area contributed by atoms with E-state index in [1.54, 1.807) is 0 Å². The third kappa shape index (κ3) is 8.39. The van der Waals surface area contributed by atoms with E-state index < -0.39 is 6.23 Å². The maximum absolute atomic E-state index is 10.5. The van der Waals surface area contributed by atoms with Gasteiger partial charge in [-0.3, -0.25) is 5.32 Å². The van der Waals surface area contributed by atoms with Crippen LogP contribution in [0, 0.1) is 17.8 Å². The molecule has 0 aromatic heterocycles. The van der Waals surface area contributed by atoms with Crippen LogP contribution in [-0.4, -0.2) is 58.3 Å². The van der Waals surface area contributed by atoms with Crippen LogP contribution in [0.2, 0.25) is 5.02 Å². The van der Waals surface area contributed by atoms with E-state index in [0.717, 1.165) is 82.4 Å². The molecule has 3 aliphatic rings. The molecule has 35 heavy (non-hydrogen) atoms. The second-order valence-corrected chi connectivity index (χ2v) is 11.9. The van der Waals surface area contributed by atoms with Crippen LogP contribution in [0.5, 0.6) is 0 Å². The van der Waals surface area contributed by atoms with Crippen LogP contribution in [0.4, 0.5) is 0 Å². The minimum atomic E-state index is -0.401. The molecule has 0 bridgehead atoms. The lowest BCUT2D eigenvalue weighted by Gasteiger charge is -2.37. The average Bonchev–Trinajstić information content (AvgIpc) is 2.86. The predicted octanol–water partition coefficient (Wildman–Crippen LogP) is 4.87. The summed E-state index contributed by atoms with van der Waals surface area (Å²) in [5.74, 6) is 1.76. The highest BCUT2D eigenvalue weighted by Crippen LogP contribution is 2.33. The first-order valence-electron chi connectivity index (χ1n) is 14.0. The first kappa shape index (κ1) is 27.3. The summed E-state index contributed by atoms with van der Waals surface area (Å²) in [6, 6.07) is 8.20. The van der Waals surface area contributed by atoms with Crippen LogP contribution in [0.3, 0.4) is 0 Å². The van der Waals surface area contributed by atoms with E-state index in [1.807, 2.05) is 24.3 Å². The van der Waals surface area contributed by atoms with E-state index in [1.165, 1.54) is 25.8 Å². The number of hydroxylamine groups is 1. The molecule has 2 aliphatic carbocycles. The Kier molecular flexibility index (Phi) is 10.7. The Bertz CT molecular complexity index is 745. The van der Waals surface area contributed by atoms with E-state index in [9.17, 15) is 15.4 Å². The van der Waals surface area contributed by atoms with Gasteiger partial charge in [0.05, 0.1) is 12.1 Å². The minimum Gasteiger partial charge on any atom is -0.393 e. The zero-order valence-electron chi connectivity index (χ0n) is 21.1. The number of nitrogens with zero attached hydrogens (tertiary/aromatic N) is 1. The number of hydrogen-bond acceptors (Lipinski definition) is 6. The zero-order valence-corrected chi connectivity index (χ0v) is 21.9. The van der Waals surface area contributed by atoms with Gasteiger partial charge in [0.15, 0.2) is 0 Å². The minimum absolute atomic E-state index is 0.0568. The van der Waals surface area contributed by atoms with Gasteiger partial charge < -0.3 is 20.3 Å². The molecule has 198 valence electrons. The lowest BCUT2D eigenvalue weighted by Crippen LogP contribution is -2.42. The zero-order chi connectivity index (χ0) is 24.6. The maximum atomic E-state index is 10.5. The SMILES string of the molecule is ONC(c1cccc(Cl)c1)C1CCN(CCC2CCC(NC(O)C[C@H]3CC[C@H](O)CC3)CC2)CC1. The van der Waals surface area contributed by atoms with Crippen LogP contribution in [-0.2, 0) is 0 Å². The second kappa shape index (κ2) is 13.7. The number of aliphatic hydroxyl groups excluding tert-OH is 2. The first-order valence-corrected chi connectivity index (χ1v) is 14.4. The molecule has 4 rings (SSSR count). The van der Waals surface area contributed by atoms with Gasteiger partial charge in [-0.25, -0.2) is 0 Å². The lowest BCUT2D eigenvalue weighted by atomic mass is 9.82. The summed E-state index contributed by atoms with van der Waals surface area (Å²) in [5.41, 5.74) is 3.61. The average molecular weight is 508 g/mol. The van der Waals surface area contributed by atoms with Gasteiger partial charge in [0.1, 0.15) is 6.23 Å². The van der Waals surface area contributed by atoms with Gasteiger partial charge >= 0.3 is 0 Å². The number of nitrogens with one attached hydrogen (secondary N) is 2. The van der Waals surface area contributed by atoms with E-state index >= 15 is 0 Å². The first-order chi connectivity index (χ1) is 17.0. The molecule has 1 aromatic rings. The lowest BCUT2D eigenvalue weighted by molar-refractivity contribution is 0.0537. The molecule has 1 heterocycles. The predicted molar refractivity (Wildman–Crippen MR) is 140 cm³/mol. The summed E-state index contributed by atoms with van der Waals surface area (Å²) in [5, 5.41) is 34.2. The van der Waals surface area contributed by atoms with Crippen LogP contribution in [0.25, 0.3) is 0 Å². The van der Waals surface area contributed by atoms with Crippen LogP contribution < -0.4 is 10.8 Å². The molecule has 2 saturated carbocycles. The number of rotatable bonds is 10. The molecule has 0 radical (unpaired) electrons. The number of likely N-dealkylation sites (tertiary alicyclic amines) is 1. The molecule has 1 saturated heterocycles. The smallest absolute Gasteiger partial charge is 0.105 e. The summed E-state index contributed by atoms with van der Waals surface area (Å²) in [6.45, 7) is 3.34. The molecule has 0 spiro atoms. The van der Waals surface area contributed by atoms with Crippen molar-refractivity contribution >= 4 is 11.6 Å². The van der Waals surface area contributed by atoms with E-state index in [0.29, 0.717) is 22.9 Å².